The zero-order chi connectivity index (χ0) is 8.32. The highest BCUT2D eigenvalue weighted by Gasteiger charge is 2.12. The summed E-state index contributed by atoms with van der Waals surface area (Å²) in [5, 5.41) is 9.94. The van der Waals surface area contributed by atoms with E-state index >= 15 is 0 Å². The van der Waals surface area contributed by atoms with Gasteiger partial charge in [0.05, 0.1) is 11.9 Å². The van der Waals surface area contributed by atoms with Gasteiger partial charge in [0.25, 0.3) is 0 Å². The molecule has 0 aliphatic rings. The molecule has 0 radical (unpaired) electrons. The summed E-state index contributed by atoms with van der Waals surface area (Å²) in [4.78, 5) is 0. The lowest BCUT2D eigenvalue weighted by atomic mass is 10.7. The second-order valence-electron chi connectivity index (χ2n) is 1.86. The minimum atomic E-state index is -3.21. The van der Waals surface area contributed by atoms with Crippen LogP contribution in [0.5, 0.6) is 0 Å². The highest BCUT2D eigenvalue weighted by Crippen LogP contribution is 2.02. The van der Waals surface area contributed by atoms with Gasteiger partial charge in [-0.15, -0.1) is 10.2 Å². The first-order valence-corrected chi connectivity index (χ1v) is 4.69. The number of sulfone groups is 1. The van der Waals surface area contributed by atoms with Crippen LogP contribution < -0.4 is 0 Å². The summed E-state index contributed by atoms with van der Waals surface area (Å²) in [6.07, 6.45) is 1.30. The fourth-order valence-electron chi connectivity index (χ4n) is 0.544. The quantitative estimate of drug-likeness (QED) is 0.612. The second-order valence-corrected chi connectivity index (χ2v) is 4.09. The van der Waals surface area contributed by atoms with Gasteiger partial charge in [0, 0.05) is 0 Å². The van der Waals surface area contributed by atoms with Gasteiger partial charge in [-0.05, 0) is 11.3 Å². The predicted octanol–water partition coefficient (Wildman–Crippen LogP) is -0.335. The predicted molar refractivity (Wildman–Crippen MR) is 37.6 cm³/mol. The van der Waals surface area contributed by atoms with Crippen LogP contribution in [-0.4, -0.2) is 29.6 Å². The number of nitrogens with zero attached hydrogens (tertiary/aromatic N) is 3. The van der Waals surface area contributed by atoms with E-state index in [1.54, 1.807) is 6.92 Å². The highest BCUT2D eigenvalue weighted by molar-refractivity contribution is 7.91. The SMILES string of the molecule is CCS(=O)(=O)c1ccnnn1. The van der Waals surface area contributed by atoms with Crippen LogP contribution >= 0.6 is 0 Å². The van der Waals surface area contributed by atoms with Crippen LogP contribution in [0.15, 0.2) is 17.3 Å². The maximum absolute atomic E-state index is 11.1. The molecule has 0 aliphatic heterocycles. The van der Waals surface area contributed by atoms with Gasteiger partial charge in [0.2, 0.25) is 0 Å². The van der Waals surface area contributed by atoms with Gasteiger partial charge < -0.3 is 0 Å². The third-order valence-corrected chi connectivity index (χ3v) is 2.79. The molecule has 0 spiro atoms. The van der Waals surface area contributed by atoms with Crippen molar-refractivity contribution >= 4 is 9.84 Å². The first kappa shape index (κ1) is 8.06. The molecule has 1 aromatic rings. The molecule has 0 saturated carbocycles. The average Bonchev–Trinajstić information content (AvgIpc) is 2.06. The molecule has 1 aromatic heterocycles. The van der Waals surface area contributed by atoms with E-state index in [1.165, 1.54) is 12.3 Å². The molecule has 0 atom stereocenters. The molecule has 11 heavy (non-hydrogen) atoms. The third-order valence-electron chi connectivity index (χ3n) is 1.18. The summed E-state index contributed by atoms with van der Waals surface area (Å²) in [5.41, 5.74) is 0. The van der Waals surface area contributed by atoms with E-state index in [-0.39, 0.29) is 10.8 Å². The molecule has 1 heterocycles. The third kappa shape index (κ3) is 1.70. The standard InChI is InChI=1S/C5H7N3O2S/c1-2-11(9,10)5-3-4-6-8-7-5/h3-4H,2H2,1H3. The molecule has 5 nitrogen and oxygen atoms in total. The Morgan fingerprint density at radius 3 is 2.73 bits per heavy atom. The second kappa shape index (κ2) is 2.91. The molecule has 0 bridgehead atoms. The maximum atomic E-state index is 11.1. The van der Waals surface area contributed by atoms with Crippen molar-refractivity contribution in [3.8, 4) is 0 Å². The Balaban J connectivity index is 3.14. The molecular weight excluding hydrogens is 166 g/mol. The first-order valence-electron chi connectivity index (χ1n) is 3.04. The molecule has 0 amide bonds. The minimum Gasteiger partial charge on any atom is -0.222 e. The number of hydrogen-bond acceptors (Lipinski definition) is 5. The summed E-state index contributed by atoms with van der Waals surface area (Å²) in [5.74, 6) is 0.0334. The topological polar surface area (TPSA) is 72.8 Å². The molecule has 0 N–H and O–H groups in total. The van der Waals surface area contributed by atoms with Crippen LogP contribution in [0.3, 0.4) is 0 Å². The summed E-state index contributed by atoms with van der Waals surface area (Å²) >= 11 is 0. The zero-order valence-corrected chi connectivity index (χ0v) is 6.74. The number of hydrogen-bond donors (Lipinski definition) is 0. The van der Waals surface area contributed by atoms with Gasteiger partial charge in [-0.25, -0.2) is 8.42 Å². The van der Waals surface area contributed by atoms with Crippen molar-refractivity contribution < 1.29 is 8.42 Å². The van der Waals surface area contributed by atoms with Crippen LogP contribution in [0.4, 0.5) is 0 Å². The lowest BCUT2D eigenvalue weighted by molar-refractivity contribution is 0.589. The van der Waals surface area contributed by atoms with Crippen molar-refractivity contribution in [1.29, 1.82) is 0 Å². The summed E-state index contributed by atoms with van der Waals surface area (Å²) in [6.45, 7) is 1.55. The molecule has 0 unspecified atom stereocenters. The fraction of sp³-hybridized carbons (Fsp3) is 0.400. The van der Waals surface area contributed by atoms with E-state index in [0.29, 0.717) is 0 Å². The lowest BCUT2D eigenvalue weighted by Gasteiger charge is -1.95. The maximum Gasteiger partial charge on any atom is 0.197 e. The highest BCUT2D eigenvalue weighted by atomic mass is 32.2. The minimum absolute atomic E-state index is 0.0185. The Bertz CT molecular complexity index is 321. The van der Waals surface area contributed by atoms with Crippen LogP contribution in [0, 0.1) is 0 Å². The van der Waals surface area contributed by atoms with E-state index < -0.39 is 9.84 Å². The van der Waals surface area contributed by atoms with Crippen LogP contribution in [-0.2, 0) is 9.84 Å². The van der Waals surface area contributed by atoms with E-state index in [9.17, 15) is 8.42 Å². The van der Waals surface area contributed by atoms with Crippen molar-refractivity contribution in [1.82, 2.24) is 15.4 Å². The first-order chi connectivity index (χ1) is 5.17. The largest absolute Gasteiger partial charge is 0.222 e. The Hall–Kier alpha value is -1.04. The van der Waals surface area contributed by atoms with Crippen LogP contribution in [0.2, 0.25) is 0 Å². The van der Waals surface area contributed by atoms with Crippen LogP contribution in [0.25, 0.3) is 0 Å². The van der Waals surface area contributed by atoms with E-state index in [4.69, 9.17) is 0 Å². The smallest absolute Gasteiger partial charge is 0.197 e. The van der Waals surface area contributed by atoms with E-state index in [2.05, 4.69) is 15.4 Å². The van der Waals surface area contributed by atoms with Crippen LogP contribution in [0.1, 0.15) is 6.92 Å². The van der Waals surface area contributed by atoms with Gasteiger partial charge in [0.15, 0.2) is 14.9 Å². The Kier molecular flexibility index (Phi) is 2.13. The summed E-state index contributed by atoms with van der Waals surface area (Å²) in [6, 6.07) is 1.33. The van der Waals surface area contributed by atoms with Gasteiger partial charge >= 0.3 is 0 Å². The average molecular weight is 173 g/mol. The molecule has 0 fully saturated rings. The molecule has 0 aliphatic carbocycles. The van der Waals surface area contributed by atoms with Crippen molar-refractivity contribution in [2.45, 2.75) is 11.9 Å². The van der Waals surface area contributed by atoms with E-state index in [1.807, 2.05) is 0 Å². The summed E-state index contributed by atoms with van der Waals surface area (Å²) in [7, 11) is -3.21. The summed E-state index contributed by atoms with van der Waals surface area (Å²) < 4.78 is 22.1. The van der Waals surface area contributed by atoms with E-state index in [0.717, 1.165) is 0 Å². The van der Waals surface area contributed by atoms with Gasteiger partial charge in [-0.3, -0.25) is 0 Å². The molecule has 0 aromatic carbocycles. The fourth-order valence-corrected chi connectivity index (χ4v) is 1.27. The lowest BCUT2D eigenvalue weighted by Crippen LogP contribution is -2.07. The van der Waals surface area contributed by atoms with Crippen molar-refractivity contribution in [3.63, 3.8) is 0 Å². The number of rotatable bonds is 2. The van der Waals surface area contributed by atoms with Gasteiger partial charge in [0.1, 0.15) is 0 Å². The monoisotopic (exact) mass is 173 g/mol. The molecule has 0 saturated heterocycles. The van der Waals surface area contributed by atoms with Gasteiger partial charge in [-0.2, -0.15) is 0 Å². The Morgan fingerprint density at radius 2 is 2.27 bits per heavy atom. The molecule has 1 rings (SSSR count). The van der Waals surface area contributed by atoms with Crippen molar-refractivity contribution in [2.75, 3.05) is 5.75 Å². The van der Waals surface area contributed by atoms with Crippen molar-refractivity contribution in [3.05, 3.63) is 12.3 Å². The molecule has 6 heteroatoms. The molecule has 60 valence electrons. The number of aromatic nitrogens is 3. The van der Waals surface area contributed by atoms with Crippen molar-refractivity contribution in [2.24, 2.45) is 0 Å². The molecular formula is C5H7N3O2S. The van der Waals surface area contributed by atoms with Gasteiger partial charge in [-0.1, -0.05) is 6.92 Å². The normalized spacial score (nSPS) is 11.4. The Labute approximate surface area is 64.4 Å². The Morgan fingerprint density at radius 1 is 1.55 bits per heavy atom. The zero-order valence-electron chi connectivity index (χ0n) is 5.93.